The van der Waals surface area contributed by atoms with Crippen LogP contribution in [0.5, 0.6) is 0 Å². The summed E-state index contributed by atoms with van der Waals surface area (Å²) in [6, 6.07) is 10.6. The van der Waals surface area contributed by atoms with Crippen LogP contribution in [0.15, 0.2) is 58.5 Å². The number of halogens is 1. The number of benzene rings is 2. The third-order valence-electron chi connectivity index (χ3n) is 4.40. The molecule has 1 aliphatic heterocycles. The number of non-ortho nitro benzene ring substituents is 1. The largest absolute Gasteiger partial charge is 0.271 e. The second kappa shape index (κ2) is 8.68. The Labute approximate surface area is 172 Å². The molecule has 3 rings (SSSR count). The molecule has 2 aromatic rings. The number of hydrogen-bond acceptors (Lipinski definition) is 6. The molecule has 152 valence electrons. The quantitative estimate of drug-likeness (QED) is 0.423. The number of nitro benzene ring substituents is 1. The summed E-state index contributed by atoms with van der Waals surface area (Å²) in [5.74, 6) is -0.568. The van der Waals surface area contributed by atoms with E-state index < -0.39 is 26.9 Å². The van der Waals surface area contributed by atoms with Gasteiger partial charge in [0, 0.05) is 29.3 Å². The van der Waals surface area contributed by atoms with Gasteiger partial charge in [-0.25, -0.2) is 13.8 Å². The predicted molar refractivity (Wildman–Crippen MR) is 107 cm³/mol. The molecule has 0 saturated carbocycles. The summed E-state index contributed by atoms with van der Waals surface area (Å²) in [5, 5.41) is 15.0. The maximum Gasteiger partial charge on any atom is 0.270 e. The van der Waals surface area contributed by atoms with Crippen molar-refractivity contribution >= 4 is 39.4 Å². The van der Waals surface area contributed by atoms with Gasteiger partial charge in [-0.15, -0.1) is 0 Å². The minimum atomic E-state index is -3.85. The van der Waals surface area contributed by atoms with Crippen molar-refractivity contribution in [3.63, 3.8) is 0 Å². The second-order valence-corrected chi connectivity index (χ2v) is 8.64. The Bertz CT molecular complexity index is 1060. The molecule has 0 radical (unpaired) electrons. The lowest BCUT2D eigenvalue weighted by Crippen LogP contribution is -2.44. The van der Waals surface area contributed by atoms with Crippen molar-refractivity contribution in [2.45, 2.75) is 23.8 Å². The van der Waals surface area contributed by atoms with Crippen LogP contribution in [0.1, 0.15) is 18.4 Å². The van der Waals surface area contributed by atoms with Crippen LogP contribution in [0.25, 0.3) is 0 Å². The summed E-state index contributed by atoms with van der Waals surface area (Å²) in [4.78, 5) is 22.8. The van der Waals surface area contributed by atoms with E-state index in [2.05, 4.69) is 10.5 Å². The van der Waals surface area contributed by atoms with Gasteiger partial charge in [0.05, 0.1) is 16.0 Å². The van der Waals surface area contributed by atoms with E-state index in [1.165, 1.54) is 48.7 Å². The highest BCUT2D eigenvalue weighted by molar-refractivity contribution is 7.89. The Morgan fingerprint density at radius 2 is 2.00 bits per heavy atom. The van der Waals surface area contributed by atoms with Crippen LogP contribution in [0, 0.1) is 10.1 Å². The molecule has 1 heterocycles. The highest BCUT2D eigenvalue weighted by Gasteiger charge is 2.39. The van der Waals surface area contributed by atoms with Crippen molar-refractivity contribution < 1.29 is 18.1 Å². The van der Waals surface area contributed by atoms with Gasteiger partial charge in [0.15, 0.2) is 0 Å². The lowest BCUT2D eigenvalue weighted by molar-refractivity contribution is -0.384. The molecule has 0 aliphatic carbocycles. The topological polar surface area (TPSA) is 122 Å². The monoisotopic (exact) mass is 436 g/mol. The second-order valence-electron chi connectivity index (χ2n) is 6.31. The Morgan fingerprint density at radius 3 is 2.69 bits per heavy atom. The summed E-state index contributed by atoms with van der Waals surface area (Å²) < 4.78 is 26.9. The Hall–Kier alpha value is -2.82. The molecule has 1 amide bonds. The van der Waals surface area contributed by atoms with Crippen molar-refractivity contribution in [3.8, 4) is 0 Å². The highest BCUT2D eigenvalue weighted by Crippen LogP contribution is 2.27. The van der Waals surface area contributed by atoms with Gasteiger partial charge in [-0.3, -0.25) is 14.9 Å². The van der Waals surface area contributed by atoms with Crippen molar-refractivity contribution in [1.29, 1.82) is 0 Å². The van der Waals surface area contributed by atoms with Gasteiger partial charge in [-0.05, 0) is 37.1 Å². The molecule has 0 aromatic heterocycles. The predicted octanol–water partition coefficient (Wildman–Crippen LogP) is 2.55. The highest BCUT2D eigenvalue weighted by atomic mass is 35.5. The van der Waals surface area contributed by atoms with Crippen molar-refractivity contribution in [2.24, 2.45) is 5.10 Å². The van der Waals surface area contributed by atoms with Crippen molar-refractivity contribution in [3.05, 3.63) is 69.2 Å². The van der Waals surface area contributed by atoms with E-state index in [0.29, 0.717) is 23.4 Å². The van der Waals surface area contributed by atoms with Crippen molar-refractivity contribution in [1.82, 2.24) is 9.73 Å². The molecule has 1 N–H and O–H groups in total. The zero-order valence-electron chi connectivity index (χ0n) is 15.1. The third-order valence-corrected chi connectivity index (χ3v) is 6.57. The standard InChI is InChI=1S/C18H17ClN4O5S/c19-14-6-8-16(9-7-14)29(27,28)22-10-2-5-17(22)18(24)21-20-12-13-3-1-4-15(11-13)23(25)26/h1,3-4,6-9,11-12,17H,2,5,10H2,(H,21,24)/b20-12-/t17-/m0/s1. The molecule has 1 aliphatic rings. The number of nitro groups is 1. The number of rotatable bonds is 6. The van der Waals surface area contributed by atoms with E-state index in [9.17, 15) is 23.3 Å². The zero-order valence-corrected chi connectivity index (χ0v) is 16.6. The van der Waals surface area contributed by atoms with Gasteiger partial charge in [-0.1, -0.05) is 23.7 Å². The van der Waals surface area contributed by atoms with E-state index in [0.717, 1.165) is 4.31 Å². The maximum atomic E-state index is 12.9. The van der Waals surface area contributed by atoms with Crippen LogP contribution in [0.4, 0.5) is 5.69 Å². The SMILES string of the molecule is O=C(N/N=C\c1cccc([N+](=O)[O-])c1)[C@@H]1CCCN1S(=O)(=O)c1ccc(Cl)cc1. The van der Waals surface area contributed by atoms with Gasteiger partial charge < -0.3 is 0 Å². The minimum absolute atomic E-state index is 0.0571. The molecule has 2 aromatic carbocycles. The number of nitrogens with zero attached hydrogens (tertiary/aromatic N) is 3. The fraction of sp³-hybridized carbons (Fsp3) is 0.222. The molecule has 1 fully saturated rings. The first kappa shape index (κ1) is 20.9. The summed E-state index contributed by atoms with van der Waals surface area (Å²) in [6.45, 7) is 0.220. The molecule has 1 saturated heterocycles. The molecular weight excluding hydrogens is 420 g/mol. The van der Waals surface area contributed by atoms with Gasteiger partial charge >= 0.3 is 0 Å². The Balaban J connectivity index is 1.71. The Morgan fingerprint density at radius 1 is 1.28 bits per heavy atom. The number of sulfonamides is 1. The van der Waals surface area contributed by atoms with E-state index >= 15 is 0 Å². The van der Waals surface area contributed by atoms with Gasteiger partial charge in [-0.2, -0.15) is 9.41 Å². The molecule has 11 heteroatoms. The van der Waals surface area contributed by atoms with Crippen molar-refractivity contribution in [2.75, 3.05) is 6.54 Å². The number of nitrogens with one attached hydrogen (secondary N) is 1. The summed E-state index contributed by atoms with van der Waals surface area (Å²) in [5.41, 5.74) is 2.64. The number of amides is 1. The minimum Gasteiger partial charge on any atom is -0.271 e. The molecule has 0 spiro atoms. The summed E-state index contributed by atoms with van der Waals surface area (Å²) >= 11 is 5.81. The molecule has 29 heavy (non-hydrogen) atoms. The van der Waals surface area contributed by atoms with Crippen LogP contribution >= 0.6 is 11.6 Å². The average molecular weight is 437 g/mol. The summed E-state index contributed by atoms with van der Waals surface area (Å²) in [6.07, 6.45) is 2.17. The van der Waals surface area contributed by atoms with Crippen LogP contribution in [-0.2, 0) is 14.8 Å². The fourth-order valence-electron chi connectivity index (χ4n) is 3.00. The molecule has 1 atom stereocenters. The summed E-state index contributed by atoms with van der Waals surface area (Å²) in [7, 11) is -3.85. The Kier molecular flexibility index (Phi) is 6.26. The van der Waals surface area contributed by atoms with Gasteiger partial charge in [0.1, 0.15) is 6.04 Å². The van der Waals surface area contributed by atoms with Crippen LogP contribution in [0.3, 0.4) is 0 Å². The lowest BCUT2D eigenvalue weighted by atomic mass is 10.2. The maximum absolute atomic E-state index is 12.9. The lowest BCUT2D eigenvalue weighted by Gasteiger charge is -2.22. The molecule has 0 unspecified atom stereocenters. The van der Waals surface area contributed by atoms with E-state index in [1.807, 2.05) is 0 Å². The first-order valence-corrected chi connectivity index (χ1v) is 10.5. The number of hydrogen-bond donors (Lipinski definition) is 1. The molecule has 9 nitrogen and oxygen atoms in total. The number of carbonyl (C=O) groups excluding carboxylic acids is 1. The van der Waals surface area contributed by atoms with E-state index in [4.69, 9.17) is 11.6 Å². The fourth-order valence-corrected chi connectivity index (χ4v) is 4.78. The van der Waals surface area contributed by atoms with Crippen LogP contribution in [0.2, 0.25) is 5.02 Å². The molecular formula is C18H17ClN4O5S. The normalized spacial score (nSPS) is 17.5. The van der Waals surface area contributed by atoms with Crippen LogP contribution in [-0.4, -0.2) is 42.4 Å². The number of hydrazone groups is 1. The number of carbonyl (C=O) groups is 1. The zero-order chi connectivity index (χ0) is 21.0. The smallest absolute Gasteiger partial charge is 0.270 e. The van der Waals surface area contributed by atoms with E-state index in [-0.39, 0.29) is 17.1 Å². The van der Waals surface area contributed by atoms with Crippen LogP contribution < -0.4 is 5.43 Å². The first-order valence-electron chi connectivity index (χ1n) is 8.64. The van der Waals surface area contributed by atoms with Gasteiger partial charge in [0.25, 0.3) is 11.6 Å². The molecule has 0 bridgehead atoms. The van der Waals surface area contributed by atoms with Gasteiger partial charge in [0.2, 0.25) is 10.0 Å². The average Bonchev–Trinajstić information content (AvgIpc) is 3.19. The van der Waals surface area contributed by atoms with E-state index in [1.54, 1.807) is 6.07 Å². The third kappa shape index (κ3) is 4.78. The first-order chi connectivity index (χ1) is 13.8.